The van der Waals surface area contributed by atoms with E-state index in [2.05, 4.69) is 5.32 Å². The molecule has 0 aromatic carbocycles. The first-order valence-corrected chi connectivity index (χ1v) is 4.14. The summed E-state index contributed by atoms with van der Waals surface area (Å²) in [7, 11) is 1.64. The largest absolute Gasteiger partial charge is 0.385 e. The molecule has 0 aliphatic carbocycles. The fraction of sp³-hybridized carbons (Fsp3) is 0.875. The minimum atomic E-state index is -0.0603. The second-order valence-electron chi connectivity index (χ2n) is 2.35. The molecule has 0 saturated heterocycles. The SMILES string of the molecule is CCNC(=O)COCCCOC. The van der Waals surface area contributed by atoms with Crippen LogP contribution in [0.1, 0.15) is 13.3 Å². The molecule has 0 aliphatic heterocycles. The van der Waals surface area contributed by atoms with Crippen LogP contribution in [0.5, 0.6) is 0 Å². The lowest BCUT2D eigenvalue weighted by molar-refractivity contribution is -0.125. The molecule has 0 fully saturated rings. The van der Waals surface area contributed by atoms with Crippen molar-refractivity contribution in [1.82, 2.24) is 5.32 Å². The van der Waals surface area contributed by atoms with E-state index >= 15 is 0 Å². The number of amides is 1. The zero-order chi connectivity index (χ0) is 9.23. The number of carbonyl (C=O) groups is 1. The first-order valence-electron chi connectivity index (χ1n) is 4.14. The highest BCUT2D eigenvalue weighted by molar-refractivity contribution is 5.77. The lowest BCUT2D eigenvalue weighted by atomic mass is 10.5. The molecular formula is C8H17NO3. The van der Waals surface area contributed by atoms with Gasteiger partial charge in [-0.15, -0.1) is 0 Å². The molecule has 1 N–H and O–H groups in total. The van der Waals surface area contributed by atoms with Crippen molar-refractivity contribution in [1.29, 1.82) is 0 Å². The van der Waals surface area contributed by atoms with Crippen LogP contribution in [0.3, 0.4) is 0 Å². The third-order valence-corrected chi connectivity index (χ3v) is 1.24. The highest BCUT2D eigenvalue weighted by atomic mass is 16.5. The van der Waals surface area contributed by atoms with E-state index in [1.54, 1.807) is 7.11 Å². The van der Waals surface area contributed by atoms with Crippen LogP contribution in [-0.2, 0) is 14.3 Å². The van der Waals surface area contributed by atoms with Gasteiger partial charge in [0.1, 0.15) is 6.61 Å². The lowest BCUT2D eigenvalue weighted by Crippen LogP contribution is -2.27. The number of methoxy groups -OCH3 is 1. The summed E-state index contributed by atoms with van der Waals surface area (Å²) in [6, 6.07) is 0. The first kappa shape index (κ1) is 11.4. The van der Waals surface area contributed by atoms with Crippen molar-refractivity contribution in [2.24, 2.45) is 0 Å². The number of carbonyl (C=O) groups excluding carboxylic acids is 1. The van der Waals surface area contributed by atoms with E-state index in [1.807, 2.05) is 6.92 Å². The molecular weight excluding hydrogens is 158 g/mol. The number of rotatable bonds is 7. The van der Waals surface area contributed by atoms with Crippen molar-refractivity contribution in [3.8, 4) is 0 Å². The molecule has 0 saturated carbocycles. The fourth-order valence-electron chi connectivity index (χ4n) is 0.718. The van der Waals surface area contributed by atoms with E-state index < -0.39 is 0 Å². The Bertz CT molecular complexity index is 117. The van der Waals surface area contributed by atoms with E-state index in [1.165, 1.54) is 0 Å². The van der Waals surface area contributed by atoms with E-state index in [4.69, 9.17) is 9.47 Å². The van der Waals surface area contributed by atoms with E-state index in [9.17, 15) is 4.79 Å². The Morgan fingerprint density at radius 2 is 2.17 bits per heavy atom. The van der Waals surface area contributed by atoms with E-state index in [0.29, 0.717) is 19.8 Å². The van der Waals surface area contributed by atoms with Gasteiger partial charge in [-0.2, -0.15) is 0 Å². The Hall–Kier alpha value is -0.610. The van der Waals surface area contributed by atoms with Crippen molar-refractivity contribution < 1.29 is 14.3 Å². The van der Waals surface area contributed by atoms with Gasteiger partial charge in [0.2, 0.25) is 5.91 Å². The predicted molar refractivity (Wildman–Crippen MR) is 46.0 cm³/mol. The van der Waals surface area contributed by atoms with Crippen LogP contribution in [0.25, 0.3) is 0 Å². The summed E-state index contributed by atoms with van der Waals surface area (Å²) in [5, 5.41) is 2.64. The smallest absolute Gasteiger partial charge is 0.245 e. The average molecular weight is 175 g/mol. The fourth-order valence-corrected chi connectivity index (χ4v) is 0.718. The van der Waals surface area contributed by atoms with Gasteiger partial charge in [-0.05, 0) is 13.3 Å². The third kappa shape index (κ3) is 7.50. The molecule has 0 aromatic rings. The highest BCUT2D eigenvalue weighted by Gasteiger charge is 1.97. The van der Waals surface area contributed by atoms with Crippen molar-refractivity contribution >= 4 is 5.91 Å². The summed E-state index contributed by atoms with van der Waals surface area (Å²) in [6.45, 7) is 3.93. The predicted octanol–water partition coefficient (Wildman–Crippen LogP) is 0.176. The summed E-state index contributed by atoms with van der Waals surface area (Å²) >= 11 is 0. The van der Waals surface area contributed by atoms with Gasteiger partial charge in [0.05, 0.1) is 0 Å². The van der Waals surface area contributed by atoms with Gasteiger partial charge in [0.15, 0.2) is 0 Å². The Morgan fingerprint density at radius 1 is 1.42 bits per heavy atom. The summed E-state index contributed by atoms with van der Waals surface area (Å²) in [4.78, 5) is 10.8. The molecule has 0 unspecified atom stereocenters. The molecule has 0 aliphatic rings. The molecule has 4 heteroatoms. The highest BCUT2D eigenvalue weighted by Crippen LogP contribution is 1.82. The molecule has 12 heavy (non-hydrogen) atoms. The Labute approximate surface area is 73.2 Å². The quantitative estimate of drug-likeness (QED) is 0.561. The summed E-state index contributed by atoms with van der Waals surface area (Å²) in [6.07, 6.45) is 0.829. The minimum absolute atomic E-state index is 0.0603. The summed E-state index contributed by atoms with van der Waals surface area (Å²) in [5.74, 6) is -0.0603. The number of nitrogens with one attached hydrogen (secondary N) is 1. The monoisotopic (exact) mass is 175 g/mol. The van der Waals surface area contributed by atoms with Crippen LogP contribution in [0.4, 0.5) is 0 Å². The standard InChI is InChI=1S/C8H17NO3/c1-3-9-8(10)7-12-6-4-5-11-2/h3-7H2,1-2H3,(H,9,10). The van der Waals surface area contributed by atoms with Gasteiger partial charge in [-0.25, -0.2) is 0 Å². The third-order valence-electron chi connectivity index (χ3n) is 1.24. The van der Waals surface area contributed by atoms with Crippen molar-refractivity contribution in [2.45, 2.75) is 13.3 Å². The summed E-state index contributed by atoms with van der Waals surface area (Å²) in [5.41, 5.74) is 0. The van der Waals surface area contributed by atoms with E-state index in [-0.39, 0.29) is 12.5 Å². The molecule has 0 spiro atoms. The van der Waals surface area contributed by atoms with Crippen LogP contribution in [0.2, 0.25) is 0 Å². The second-order valence-corrected chi connectivity index (χ2v) is 2.35. The maximum atomic E-state index is 10.8. The van der Waals surface area contributed by atoms with Crippen molar-refractivity contribution in [3.63, 3.8) is 0 Å². The maximum Gasteiger partial charge on any atom is 0.245 e. The lowest BCUT2D eigenvalue weighted by Gasteiger charge is -2.03. The number of hydrogen-bond acceptors (Lipinski definition) is 3. The number of ether oxygens (including phenoxy) is 2. The van der Waals surface area contributed by atoms with Gasteiger partial charge in [0.25, 0.3) is 0 Å². The maximum absolute atomic E-state index is 10.8. The van der Waals surface area contributed by atoms with Gasteiger partial charge >= 0.3 is 0 Å². The Morgan fingerprint density at radius 3 is 2.75 bits per heavy atom. The zero-order valence-corrected chi connectivity index (χ0v) is 7.76. The molecule has 1 amide bonds. The molecule has 0 rings (SSSR count). The zero-order valence-electron chi connectivity index (χ0n) is 7.76. The Kier molecular flexibility index (Phi) is 8.05. The van der Waals surface area contributed by atoms with Crippen LogP contribution in [0, 0.1) is 0 Å². The van der Waals surface area contributed by atoms with Crippen LogP contribution < -0.4 is 5.32 Å². The van der Waals surface area contributed by atoms with Crippen LogP contribution >= 0.6 is 0 Å². The second kappa shape index (κ2) is 8.49. The molecule has 4 nitrogen and oxygen atoms in total. The minimum Gasteiger partial charge on any atom is -0.385 e. The van der Waals surface area contributed by atoms with Crippen LogP contribution in [-0.4, -0.2) is 39.4 Å². The van der Waals surface area contributed by atoms with Crippen molar-refractivity contribution in [2.75, 3.05) is 33.5 Å². The summed E-state index contributed by atoms with van der Waals surface area (Å²) < 4.78 is 9.87. The molecule has 0 bridgehead atoms. The van der Waals surface area contributed by atoms with Gasteiger partial charge in [-0.3, -0.25) is 4.79 Å². The Balaban J connectivity index is 3.03. The van der Waals surface area contributed by atoms with Crippen LogP contribution in [0.15, 0.2) is 0 Å². The molecule has 0 radical (unpaired) electrons. The molecule has 0 aromatic heterocycles. The number of hydrogen-bond donors (Lipinski definition) is 1. The van der Waals surface area contributed by atoms with Gasteiger partial charge in [-0.1, -0.05) is 0 Å². The van der Waals surface area contributed by atoms with Gasteiger partial charge in [0, 0.05) is 26.9 Å². The van der Waals surface area contributed by atoms with Crippen molar-refractivity contribution in [3.05, 3.63) is 0 Å². The number of likely N-dealkylation sites (N-methyl/N-ethyl adjacent to an activating group) is 1. The molecule has 0 atom stereocenters. The topological polar surface area (TPSA) is 47.6 Å². The van der Waals surface area contributed by atoms with Gasteiger partial charge < -0.3 is 14.8 Å². The average Bonchev–Trinajstić information content (AvgIpc) is 2.05. The normalized spacial score (nSPS) is 9.83. The molecule has 0 heterocycles. The molecule has 72 valence electrons. The first-order chi connectivity index (χ1) is 5.81. The van der Waals surface area contributed by atoms with E-state index in [0.717, 1.165) is 6.42 Å².